The van der Waals surface area contributed by atoms with E-state index in [-0.39, 0.29) is 5.84 Å². The van der Waals surface area contributed by atoms with Crippen LogP contribution in [0.2, 0.25) is 5.02 Å². The Hall–Kier alpha value is -1.72. The van der Waals surface area contributed by atoms with Crippen molar-refractivity contribution in [3.8, 4) is 5.75 Å². The molecule has 0 aromatic heterocycles. The summed E-state index contributed by atoms with van der Waals surface area (Å²) in [4.78, 5) is 0. The zero-order valence-electron chi connectivity index (χ0n) is 10.4. The van der Waals surface area contributed by atoms with E-state index in [0.29, 0.717) is 22.9 Å². The van der Waals surface area contributed by atoms with Crippen LogP contribution in [0.1, 0.15) is 11.1 Å². The summed E-state index contributed by atoms with van der Waals surface area (Å²) in [5, 5.41) is 12.3. The van der Waals surface area contributed by atoms with E-state index in [4.69, 9.17) is 27.3 Å². The summed E-state index contributed by atoms with van der Waals surface area (Å²) in [5.74, 6) is 0.454. The normalized spacial score (nSPS) is 11.4. The standard InChI is InChI=1S/C14H12BrClN2O2/c15-12-4-2-1-3-9(12)8-20-13-6-5-10(16)7-11(13)14(17)18-19/h1-7,19H,8H2,(H2,17,18). The number of hydrogen-bond donors (Lipinski definition) is 2. The molecule has 0 atom stereocenters. The molecule has 2 aromatic rings. The Morgan fingerprint density at radius 2 is 2.05 bits per heavy atom. The molecule has 6 heteroatoms. The smallest absolute Gasteiger partial charge is 0.173 e. The van der Waals surface area contributed by atoms with E-state index in [9.17, 15) is 0 Å². The van der Waals surface area contributed by atoms with E-state index in [2.05, 4.69) is 21.1 Å². The summed E-state index contributed by atoms with van der Waals surface area (Å²) in [6, 6.07) is 12.7. The molecule has 0 bridgehead atoms. The first-order valence-corrected chi connectivity index (χ1v) is 6.92. The molecule has 0 saturated heterocycles. The Bertz CT molecular complexity index is 647. The molecular weight excluding hydrogens is 344 g/mol. The van der Waals surface area contributed by atoms with Crippen molar-refractivity contribution in [1.29, 1.82) is 0 Å². The van der Waals surface area contributed by atoms with Crippen LogP contribution in [0.5, 0.6) is 5.75 Å². The number of oxime groups is 1. The molecule has 2 aromatic carbocycles. The lowest BCUT2D eigenvalue weighted by molar-refractivity contribution is 0.302. The van der Waals surface area contributed by atoms with E-state index in [1.54, 1.807) is 18.2 Å². The van der Waals surface area contributed by atoms with Gasteiger partial charge in [-0.25, -0.2) is 0 Å². The lowest BCUT2D eigenvalue weighted by atomic mass is 10.2. The van der Waals surface area contributed by atoms with Crippen LogP contribution in [0.15, 0.2) is 52.1 Å². The van der Waals surface area contributed by atoms with Gasteiger partial charge in [-0.05, 0) is 24.3 Å². The molecule has 104 valence electrons. The fourth-order valence-corrected chi connectivity index (χ4v) is 2.22. The fraction of sp³-hybridized carbons (Fsp3) is 0.0714. The van der Waals surface area contributed by atoms with Crippen molar-refractivity contribution in [2.24, 2.45) is 10.9 Å². The summed E-state index contributed by atoms with van der Waals surface area (Å²) in [7, 11) is 0. The molecular formula is C14H12BrClN2O2. The maximum absolute atomic E-state index is 8.79. The highest BCUT2D eigenvalue weighted by Crippen LogP contribution is 2.25. The summed E-state index contributed by atoms with van der Waals surface area (Å²) >= 11 is 9.36. The van der Waals surface area contributed by atoms with Crippen molar-refractivity contribution in [1.82, 2.24) is 0 Å². The second-order valence-corrected chi connectivity index (χ2v) is 5.30. The minimum atomic E-state index is -0.0466. The van der Waals surface area contributed by atoms with Gasteiger partial charge in [0.15, 0.2) is 5.84 Å². The van der Waals surface area contributed by atoms with Crippen LogP contribution < -0.4 is 10.5 Å². The highest BCUT2D eigenvalue weighted by Gasteiger charge is 2.10. The van der Waals surface area contributed by atoms with Crippen molar-refractivity contribution >= 4 is 33.4 Å². The molecule has 0 saturated carbocycles. The minimum absolute atomic E-state index is 0.0466. The number of hydrogen-bond acceptors (Lipinski definition) is 3. The Morgan fingerprint density at radius 1 is 1.30 bits per heavy atom. The van der Waals surface area contributed by atoms with Gasteiger partial charge in [0.2, 0.25) is 0 Å². The molecule has 4 nitrogen and oxygen atoms in total. The molecule has 0 unspecified atom stereocenters. The van der Waals surface area contributed by atoms with E-state index in [1.165, 1.54) is 0 Å². The van der Waals surface area contributed by atoms with Gasteiger partial charge in [0.1, 0.15) is 12.4 Å². The number of rotatable bonds is 4. The maximum Gasteiger partial charge on any atom is 0.173 e. The van der Waals surface area contributed by atoms with Gasteiger partial charge < -0.3 is 15.7 Å². The largest absolute Gasteiger partial charge is 0.488 e. The molecule has 0 fully saturated rings. The van der Waals surface area contributed by atoms with Crippen molar-refractivity contribution in [3.63, 3.8) is 0 Å². The monoisotopic (exact) mass is 354 g/mol. The summed E-state index contributed by atoms with van der Waals surface area (Å²) < 4.78 is 6.68. The molecule has 0 aliphatic carbocycles. The van der Waals surface area contributed by atoms with Crippen LogP contribution >= 0.6 is 27.5 Å². The molecule has 0 aliphatic rings. The van der Waals surface area contributed by atoms with Crippen molar-refractivity contribution in [2.75, 3.05) is 0 Å². The van der Waals surface area contributed by atoms with Crippen LogP contribution in [0.25, 0.3) is 0 Å². The van der Waals surface area contributed by atoms with Crippen LogP contribution in [-0.2, 0) is 6.61 Å². The second-order valence-electron chi connectivity index (χ2n) is 4.01. The maximum atomic E-state index is 8.79. The molecule has 0 aliphatic heterocycles. The Kier molecular flexibility index (Phi) is 4.87. The van der Waals surface area contributed by atoms with E-state index in [1.807, 2.05) is 24.3 Å². The topological polar surface area (TPSA) is 67.8 Å². The van der Waals surface area contributed by atoms with Crippen molar-refractivity contribution in [2.45, 2.75) is 6.61 Å². The second kappa shape index (κ2) is 6.63. The number of halogens is 2. The van der Waals surface area contributed by atoms with Crippen LogP contribution in [-0.4, -0.2) is 11.0 Å². The molecule has 20 heavy (non-hydrogen) atoms. The average molecular weight is 356 g/mol. The molecule has 0 radical (unpaired) electrons. The van der Waals surface area contributed by atoms with Crippen LogP contribution in [0, 0.1) is 0 Å². The van der Waals surface area contributed by atoms with Gasteiger partial charge in [-0.2, -0.15) is 0 Å². The third-order valence-electron chi connectivity index (χ3n) is 2.67. The van der Waals surface area contributed by atoms with E-state index >= 15 is 0 Å². The Balaban J connectivity index is 2.24. The van der Waals surface area contributed by atoms with Crippen LogP contribution in [0.4, 0.5) is 0 Å². The first kappa shape index (κ1) is 14.7. The van der Waals surface area contributed by atoms with Gasteiger partial charge in [0.05, 0.1) is 5.56 Å². The third kappa shape index (κ3) is 3.43. The van der Waals surface area contributed by atoms with Gasteiger partial charge in [-0.3, -0.25) is 0 Å². The van der Waals surface area contributed by atoms with Crippen molar-refractivity contribution < 1.29 is 9.94 Å². The number of benzene rings is 2. The number of ether oxygens (including phenoxy) is 1. The average Bonchev–Trinajstić information content (AvgIpc) is 2.46. The zero-order valence-corrected chi connectivity index (χ0v) is 12.7. The molecule has 0 amide bonds. The van der Waals surface area contributed by atoms with Gasteiger partial charge in [-0.1, -0.05) is 50.9 Å². The lowest BCUT2D eigenvalue weighted by Gasteiger charge is -2.12. The molecule has 0 heterocycles. The number of amidine groups is 1. The predicted octanol–water partition coefficient (Wildman–Crippen LogP) is 3.78. The van der Waals surface area contributed by atoms with Gasteiger partial charge in [-0.15, -0.1) is 0 Å². The zero-order chi connectivity index (χ0) is 14.5. The molecule has 0 spiro atoms. The lowest BCUT2D eigenvalue weighted by Crippen LogP contribution is -2.15. The van der Waals surface area contributed by atoms with Crippen molar-refractivity contribution in [3.05, 3.63) is 63.1 Å². The summed E-state index contributed by atoms with van der Waals surface area (Å²) in [6.07, 6.45) is 0. The summed E-state index contributed by atoms with van der Waals surface area (Å²) in [6.45, 7) is 0.356. The van der Waals surface area contributed by atoms with Gasteiger partial charge in [0.25, 0.3) is 0 Å². The van der Waals surface area contributed by atoms with E-state index in [0.717, 1.165) is 10.0 Å². The highest BCUT2D eigenvalue weighted by molar-refractivity contribution is 9.10. The van der Waals surface area contributed by atoms with E-state index < -0.39 is 0 Å². The predicted molar refractivity (Wildman–Crippen MR) is 82.4 cm³/mol. The fourth-order valence-electron chi connectivity index (χ4n) is 1.65. The van der Waals surface area contributed by atoms with Crippen LogP contribution in [0.3, 0.4) is 0 Å². The molecule has 2 rings (SSSR count). The first-order valence-electron chi connectivity index (χ1n) is 5.75. The summed E-state index contributed by atoms with van der Waals surface area (Å²) in [5.41, 5.74) is 7.06. The quantitative estimate of drug-likeness (QED) is 0.379. The Labute approximate surface area is 129 Å². The number of nitrogens with zero attached hydrogens (tertiary/aromatic N) is 1. The third-order valence-corrected chi connectivity index (χ3v) is 3.68. The first-order chi connectivity index (χ1) is 9.61. The number of nitrogens with two attached hydrogens (primary N) is 1. The Morgan fingerprint density at radius 3 is 2.75 bits per heavy atom. The highest BCUT2D eigenvalue weighted by atomic mass is 79.9. The van der Waals surface area contributed by atoms with Gasteiger partial charge in [0, 0.05) is 15.1 Å². The molecule has 3 N–H and O–H groups in total. The minimum Gasteiger partial charge on any atom is -0.488 e. The van der Waals surface area contributed by atoms with Gasteiger partial charge >= 0.3 is 0 Å². The SMILES string of the molecule is N/C(=N/O)c1cc(Cl)ccc1OCc1ccccc1Br.